The van der Waals surface area contributed by atoms with Crippen molar-refractivity contribution in [3.8, 4) is 0 Å². The number of hydrogen-bond acceptors (Lipinski definition) is 0. The Morgan fingerprint density at radius 1 is 0.283 bits per heavy atom. The van der Waals surface area contributed by atoms with Crippen LogP contribution < -0.4 is 14.3 Å². The normalized spacial score (nSPS) is 12.0. The molecule has 4 aromatic carbocycles. The number of rotatable bonds is 23. The van der Waals surface area contributed by atoms with Gasteiger partial charge in [-0.25, -0.2) is 0 Å². The van der Waals surface area contributed by atoms with Crippen molar-refractivity contribution in [1.82, 2.24) is 0 Å². The molecule has 0 radical (unpaired) electrons. The van der Waals surface area contributed by atoms with Crippen LogP contribution in [-0.2, 0) is 0 Å². The van der Waals surface area contributed by atoms with Crippen molar-refractivity contribution in [2.75, 3.05) is 11.8 Å². The fraction of sp³-hybridized carbons (Fsp3) is 0.429. The van der Waals surface area contributed by atoms with E-state index in [1.54, 1.807) is 14.3 Å². The van der Waals surface area contributed by atoms with E-state index in [-0.39, 0.29) is 0 Å². The first-order chi connectivity index (χ1) is 22.7. The van der Waals surface area contributed by atoms with E-state index < -0.39 is 36.8 Å². The van der Waals surface area contributed by atoms with Crippen LogP contribution in [0.2, 0.25) is 17.7 Å². The Balaban J connectivity index is 1.47. The molecular weight excluding hydrogens is 813 g/mol. The Morgan fingerprint density at radius 3 is 0.717 bits per heavy atom. The second-order valence-electron chi connectivity index (χ2n) is 13.2. The van der Waals surface area contributed by atoms with Gasteiger partial charge in [-0.1, -0.05) is 0 Å². The molecule has 0 aromatic heterocycles. The van der Waals surface area contributed by atoms with Gasteiger partial charge in [-0.3, -0.25) is 0 Å². The molecule has 0 aliphatic rings. The molecule has 0 fully saturated rings. The number of halogens is 2. The quantitative estimate of drug-likeness (QED) is 0.0396. The molecule has 0 unspecified atom stereocenters. The summed E-state index contributed by atoms with van der Waals surface area (Å²) in [6.07, 6.45) is 15.5. The molecule has 0 N–H and O–H groups in total. The molecular formula is C42H56Cl2Sn2. The summed E-state index contributed by atoms with van der Waals surface area (Å²) in [5.41, 5.74) is 0. The third-order valence-corrected chi connectivity index (χ3v) is 41.0. The summed E-state index contributed by atoms with van der Waals surface area (Å²) >= 11 is 6.33. The van der Waals surface area contributed by atoms with Gasteiger partial charge in [0.25, 0.3) is 0 Å². The van der Waals surface area contributed by atoms with Crippen molar-refractivity contribution in [3.63, 3.8) is 0 Å². The van der Waals surface area contributed by atoms with Crippen LogP contribution in [0.5, 0.6) is 0 Å². The van der Waals surface area contributed by atoms with E-state index in [2.05, 4.69) is 121 Å². The van der Waals surface area contributed by atoms with Crippen molar-refractivity contribution in [2.45, 2.75) is 94.8 Å². The molecule has 0 atom stereocenters. The van der Waals surface area contributed by atoms with Gasteiger partial charge < -0.3 is 0 Å². The van der Waals surface area contributed by atoms with Crippen LogP contribution in [0, 0.1) is 0 Å². The molecule has 0 aliphatic heterocycles. The minimum absolute atomic E-state index is 0.792. The maximum absolute atomic E-state index is 6.03. The van der Waals surface area contributed by atoms with Crippen LogP contribution in [0.15, 0.2) is 121 Å². The Bertz CT molecular complexity index is 1130. The monoisotopic (exact) mass is 870 g/mol. The van der Waals surface area contributed by atoms with Crippen LogP contribution in [0.4, 0.5) is 0 Å². The van der Waals surface area contributed by atoms with Crippen molar-refractivity contribution in [2.24, 2.45) is 0 Å². The molecule has 0 spiro atoms. The molecule has 0 aliphatic carbocycles. The summed E-state index contributed by atoms with van der Waals surface area (Å²) in [5.74, 6) is 1.58. The van der Waals surface area contributed by atoms with Gasteiger partial charge in [0.1, 0.15) is 0 Å². The van der Waals surface area contributed by atoms with Crippen LogP contribution >= 0.6 is 23.2 Å². The Kier molecular flexibility index (Phi) is 18.0. The number of unbranched alkanes of at least 4 members (excludes halogenated alkanes) is 9. The minimum atomic E-state index is -2.86. The van der Waals surface area contributed by atoms with Crippen LogP contribution in [0.1, 0.15) is 77.0 Å². The molecule has 0 saturated carbocycles. The molecule has 0 nitrogen and oxygen atoms in total. The van der Waals surface area contributed by atoms with E-state index in [9.17, 15) is 0 Å². The van der Waals surface area contributed by atoms with Gasteiger partial charge in [-0.15, -0.1) is 0 Å². The zero-order valence-electron chi connectivity index (χ0n) is 28.0. The van der Waals surface area contributed by atoms with Gasteiger partial charge in [-0.05, 0) is 0 Å². The molecule has 4 heteroatoms. The summed E-state index contributed by atoms with van der Waals surface area (Å²) in [6, 6.07) is 46.8. The second kappa shape index (κ2) is 21.9. The Morgan fingerprint density at radius 2 is 0.500 bits per heavy atom. The summed E-state index contributed by atoms with van der Waals surface area (Å²) in [4.78, 5) is 0. The standard InChI is InChI=1S/2C6H12Cl.4C6H5.C6H12.2Sn/c2*1-2-3-4-5-6-7;4*1-2-4-6-5-3-1;1-3-5-6-4-2;;/h2*1-6H2;4*1-5H;1-6H2;;. The van der Waals surface area contributed by atoms with E-state index in [1.807, 2.05) is 0 Å². The van der Waals surface area contributed by atoms with Crippen molar-refractivity contribution in [3.05, 3.63) is 121 Å². The Labute approximate surface area is 299 Å². The SMILES string of the molecule is ClCCCCC[CH2][Sn]([CH2]CCCC[CH2][Sn]([CH2]CCCCCCl)([c]1ccccc1)[c]1ccccc1)([c]1ccccc1)[c]1ccccc1. The number of benzene rings is 4. The predicted molar refractivity (Wildman–Crippen MR) is 212 cm³/mol. The summed E-state index contributed by atoms with van der Waals surface area (Å²) in [7, 11) is 0. The molecule has 0 amide bonds. The fourth-order valence-electron chi connectivity index (χ4n) is 7.72. The van der Waals surface area contributed by atoms with Crippen LogP contribution in [-0.4, -0.2) is 48.5 Å². The van der Waals surface area contributed by atoms with Gasteiger partial charge in [0.15, 0.2) is 0 Å². The van der Waals surface area contributed by atoms with E-state index in [0.29, 0.717) is 0 Å². The number of hydrogen-bond donors (Lipinski definition) is 0. The van der Waals surface area contributed by atoms with Gasteiger partial charge in [0, 0.05) is 0 Å². The van der Waals surface area contributed by atoms with Crippen molar-refractivity contribution < 1.29 is 0 Å². The van der Waals surface area contributed by atoms with Gasteiger partial charge in [0.05, 0.1) is 0 Å². The number of alkyl halides is 2. The average Bonchev–Trinajstić information content (AvgIpc) is 3.12. The van der Waals surface area contributed by atoms with E-state index in [4.69, 9.17) is 23.2 Å². The first kappa shape index (κ1) is 37.9. The van der Waals surface area contributed by atoms with Gasteiger partial charge in [-0.2, -0.15) is 0 Å². The Hall–Kier alpha value is -0.943. The molecule has 4 rings (SSSR count). The van der Waals surface area contributed by atoms with Crippen LogP contribution in [0.25, 0.3) is 0 Å². The van der Waals surface area contributed by atoms with Crippen molar-refractivity contribution >= 4 is 74.3 Å². The van der Waals surface area contributed by atoms with E-state index in [1.165, 1.54) is 82.0 Å². The molecule has 46 heavy (non-hydrogen) atoms. The first-order valence-corrected chi connectivity index (χ1v) is 32.9. The summed E-state index contributed by atoms with van der Waals surface area (Å²) < 4.78 is 12.4. The predicted octanol–water partition coefficient (Wildman–Crippen LogP) is 10.7. The average molecular weight is 869 g/mol. The molecule has 246 valence electrons. The first-order valence-electron chi connectivity index (χ1n) is 18.1. The van der Waals surface area contributed by atoms with E-state index >= 15 is 0 Å². The van der Waals surface area contributed by atoms with Crippen LogP contribution in [0.3, 0.4) is 0 Å². The molecule has 0 saturated heterocycles. The zero-order chi connectivity index (χ0) is 32.2. The third kappa shape index (κ3) is 11.3. The fourth-order valence-corrected chi connectivity index (χ4v) is 37.2. The summed E-state index contributed by atoms with van der Waals surface area (Å²) in [6.45, 7) is 0. The zero-order valence-corrected chi connectivity index (χ0v) is 35.3. The molecule has 0 bridgehead atoms. The molecule has 4 aromatic rings. The third-order valence-electron chi connectivity index (χ3n) is 10.2. The summed E-state index contributed by atoms with van der Waals surface area (Å²) in [5, 5.41) is 0. The van der Waals surface area contributed by atoms with E-state index in [0.717, 1.165) is 24.6 Å². The van der Waals surface area contributed by atoms with Crippen molar-refractivity contribution in [1.29, 1.82) is 0 Å². The van der Waals surface area contributed by atoms with Gasteiger partial charge >= 0.3 is 302 Å². The maximum atomic E-state index is 6.03. The topological polar surface area (TPSA) is 0 Å². The molecule has 0 heterocycles. The second-order valence-corrected chi connectivity index (χ2v) is 38.7. The van der Waals surface area contributed by atoms with Gasteiger partial charge in [0.2, 0.25) is 0 Å².